The van der Waals surface area contributed by atoms with Gasteiger partial charge in [-0.25, -0.2) is 9.97 Å². The zero-order valence-electron chi connectivity index (χ0n) is 16.9. The molecule has 7 heteroatoms. The molecule has 1 saturated heterocycles. The van der Waals surface area contributed by atoms with Crippen molar-refractivity contribution in [2.24, 2.45) is 0 Å². The Balaban J connectivity index is 1.50. The fraction of sp³-hybridized carbons (Fsp3) is 0.364. The zero-order chi connectivity index (χ0) is 20.1. The molecule has 0 spiro atoms. The lowest BCUT2D eigenvalue weighted by Gasteiger charge is -2.38. The summed E-state index contributed by atoms with van der Waals surface area (Å²) in [5.41, 5.74) is 4.80. The Morgan fingerprint density at radius 3 is 2.90 bits per heavy atom. The van der Waals surface area contributed by atoms with Gasteiger partial charge in [-0.15, -0.1) is 0 Å². The first kappa shape index (κ1) is 18.0. The van der Waals surface area contributed by atoms with Crippen LogP contribution < -0.4 is 10.2 Å². The van der Waals surface area contributed by atoms with Crippen LogP contribution in [0, 0.1) is 6.92 Å². The fourth-order valence-electron chi connectivity index (χ4n) is 4.11. The number of aromatic nitrogens is 4. The predicted octanol–water partition coefficient (Wildman–Crippen LogP) is 2.29. The molecule has 2 atom stereocenters. The second-order valence-corrected chi connectivity index (χ2v) is 8.09. The summed E-state index contributed by atoms with van der Waals surface area (Å²) in [5.74, 6) is 1.00. The number of anilines is 1. The van der Waals surface area contributed by atoms with Crippen LogP contribution in [0.4, 0.5) is 5.82 Å². The predicted molar refractivity (Wildman–Crippen MR) is 113 cm³/mol. The van der Waals surface area contributed by atoms with E-state index in [9.17, 15) is 4.79 Å². The first-order valence-corrected chi connectivity index (χ1v) is 10.0. The van der Waals surface area contributed by atoms with Crippen molar-refractivity contribution in [3.63, 3.8) is 0 Å². The molecule has 148 valence electrons. The maximum absolute atomic E-state index is 12.9. The highest BCUT2D eigenvalue weighted by molar-refractivity contribution is 6.27. The van der Waals surface area contributed by atoms with E-state index in [1.54, 1.807) is 6.20 Å². The van der Waals surface area contributed by atoms with Crippen LogP contribution in [0.3, 0.4) is 0 Å². The highest BCUT2D eigenvalue weighted by atomic mass is 16.1. The fourth-order valence-corrected chi connectivity index (χ4v) is 4.11. The number of fused-ring (bicyclic) bond motifs is 2. The number of piperazine rings is 1. The molecule has 29 heavy (non-hydrogen) atoms. The zero-order valence-corrected chi connectivity index (χ0v) is 16.9. The van der Waals surface area contributed by atoms with Crippen LogP contribution in [0.5, 0.6) is 0 Å². The Kier molecular flexibility index (Phi) is 4.20. The SMILES string of the molecule is Cc1cn2cc(C3=Cc4ccc(N5C[C@H](C)NC[C@H]5C)nc4CC3=O)nc2cn1. The number of nitrogens with zero attached hydrogens (tertiary/aromatic N) is 5. The second kappa shape index (κ2) is 6.77. The monoisotopic (exact) mass is 388 g/mol. The van der Waals surface area contributed by atoms with Gasteiger partial charge < -0.3 is 14.6 Å². The van der Waals surface area contributed by atoms with Crippen molar-refractivity contribution < 1.29 is 4.79 Å². The quantitative estimate of drug-likeness (QED) is 0.726. The number of aryl methyl sites for hydroxylation is 1. The molecule has 0 aromatic carbocycles. The van der Waals surface area contributed by atoms with E-state index < -0.39 is 0 Å². The Labute approximate surface area is 169 Å². The molecule has 4 heterocycles. The van der Waals surface area contributed by atoms with Gasteiger partial charge >= 0.3 is 0 Å². The van der Waals surface area contributed by atoms with E-state index in [1.165, 1.54) is 0 Å². The molecule has 3 aromatic rings. The molecular weight excluding hydrogens is 364 g/mol. The van der Waals surface area contributed by atoms with Crippen LogP contribution >= 0.6 is 0 Å². The summed E-state index contributed by atoms with van der Waals surface area (Å²) in [6.45, 7) is 8.16. The van der Waals surface area contributed by atoms with Crippen LogP contribution in [-0.4, -0.2) is 50.3 Å². The molecule has 1 fully saturated rings. The second-order valence-electron chi connectivity index (χ2n) is 8.09. The first-order valence-electron chi connectivity index (χ1n) is 10.0. The number of carbonyl (C=O) groups is 1. The number of ketones is 1. The minimum absolute atomic E-state index is 0.0527. The van der Waals surface area contributed by atoms with Crippen LogP contribution in [0.1, 0.15) is 36.5 Å². The van der Waals surface area contributed by atoms with Gasteiger partial charge in [-0.2, -0.15) is 0 Å². The molecule has 1 aliphatic carbocycles. The lowest BCUT2D eigenvalue weighted by Crippen LogP contribution is -2.54. The van der Waals surface area contributed by atoms with E-state index in [4.69, 9.17) is 4.98 Å². The van der Waals surface area contributed by atoms with E-state index in [0.29, 0.717) is 29.8 Å². The van der Waals surface area contributed by atoms with E-state index >= 15 is 0 Å². The molecular formula is C22H24N6O. The van der Waals surface area contributed by atoms with Crippen LogP contribution in [0.15, 0.2) is 30.7 Å². The van der Waals surface area contributed by atoms with Gasteiger partial charge in [0.2, 0.25) is 0 Å². The normalized spacial score (nSPS) is 22.0. The van der Waals surface area contributed by atoms with Crippen LogP contribution in [0.2, 0.25) is 0 Å². The Bertz CT molecular complexity index is 1150. The highest BCUT2D eigenvalue weighted by Crippen LogP contribution is 2.29. The minimum Gasteiger partial charge on any atom is -0.351 e. The average Bonchev–Trinajstić information content (AvgIpc) is 3.11. The number of carbonyl (C=O) groups excluding carboxylic acids is 1. The molecule has 1 N–H and O–H groups in total. The van der Waals surface area contributed by atoms with Crippen molar-refractivity contribution in [1.82, 2.24) is 24.7 Å². The van der Waals surface area contributed by atoms with E-state index in [0.717, 1.165) is 41.5 Å². The molecule has 0 bridgehead atoms. The lowest BCUT2D eigenvalue weighted by atomic mass is 9.93. The lowest BCUT2D eigenvalue weighted by molar-refractivity contribution is -0.113. The van der Waals surface area contributed by atoms with E-state index in [1.807, 2.05) is 29.8 Å². The van der Waals surface area contributed by atoms with Crippen molar-refractivity contribution in [2.75, 3.05) is 18.0 Å². The van der Waals surface area contributed by atoms with Crippen molar-refractivity contribution >= 4 is 28.9 Å². The van der Waals surface area contributed by atoms with Crippen molar-refractivity contribution in [3.8, 4) is 0 Å². The van der Waals surface area contributed by atoms with Crippen molar-refractivity contribution in [1.29, 1.82) is 0 Å². The van der Waals surface area contributed by atoms with Crippen molar-refractivity contribution in [2.45, 2.75) is 39.3 Å². The molecule has 5 rings (SSSR count). The maximum Gasteiger partial charge on any atom is 0.171 e. The van der Waals surface area contributed by atoms with Crippen LogP contribution in [0.25, 0.3) is 17.3 Å². The van der Waals surface area contributed by atoms with Gasteiger partial charge in [-0.1, -0.05) is 0 Å². The van der Waals surface area contributed by atoms with Gasteiger partial charge in [0.1, 0.15) is 5.82 Å². The number of imidazole rings is 1. The highest BCUT2D eigenvalue weighted by Gasteiger charge is 2.27. The van der Waals surface area contributed by atoms with Gasteiger partial charge in [0, 0.05) is 43.1 Å². The van der Waals surface area contributed by atoms with Crippen LogP contribution in [-0.2, 0) is 11.2 Å². The summed E-state index contributed by atoms with van der Waals surface area (Å²) < 4.78 is 1.91. The van der Waals surface area contributed by atoms with Gasteiger partial charge in [0.05, 0.1) is 29.7 Å². The third-order valence-electron chi connectivity index (χ3n) is 5.73. The summed E-state index contributed by atoms with van der Waals surface area (Å²) in [6.07, 6.45) is 7.76. The maximum atomic E-state index is 12.9. The molecule has 0 radical (unpaired) electrons. The average molecular weight is 388 g/mol. The molecule has 0 amide bonds. The van der Waals surface area contributed by atoms with Gasteiger partial charge in [-0.3, -0.25) is 9.78 Å². The Morgan fingerprint density at radius 1 is 1.17 bits per heavy atom. The molecule has 3 aromatic heterocycles. The number of allylic oxidation sites excluding steroid dienone is 1. The largest absolute Gasteiger partial charge is 0.351 e. The minimum atomic E-state index is 0.0527. The van der Waals surface area contributed by atoms with Crippen molar-refractivity contribution in [3.05, 3.63) is 53.4 Å². The van der Waals surface area contributed by atoms with E-state index in [2.05, 4.69) is 46.2 Å². The molecule has 1 aliphatic heterocycles. The van der Waals surface area contributed by atoms with Gasteiger partial charge in [0.15, 0.2) is 11.4 Å². The number of hydrogen-bond acceptors (Lipinski definition) is 6. The topological polar surface area (TPSA) is 75.4 Å². The Morgan fingerprint density at radius 2 is 2.03 bits per heavy atom. The summed E-state index contributed by atoms with van der Waals surface area (Å²) in [7, 11) is 0. The van der Waals surface area contributed by atoms with E-state index in [-0.39, 0.29) is 5.78 Å². The number of nitrogens with one attached hydrogen (secondary N) is 1. The summed E-state index contributed by atoms with van der Waals surface area (Å²) in [5, 5.41) is 3.49. The smallest absolute Gasteiger partial charge is 0.171 e. The number of hydrogen-bond donors (Lipinski definition) is 1. The standard InChI is InChI=1S/C22H24N6O/c1-13-10-27-12-19(26-22(27)9-24-13)17-6-16-4-5-21(25-18(16)7-20(17)29)28-11-14(2)23-8-15(28)3/h4-6,9-10,12,14-15,23H,7-8,11H2,1-3H3/t14-,15+/m0/s1. The van der Waals surface area contributed by atoms with Gasteiger partial charge in [0.25, 0.3) is 0 Å². The number of Topliss-reactive ketones (excluding diaryl/α,β-unsaturated/α-hetero) is 1. The first-order chi connectivity index (χ1) is 14.0. The van der Waals surface area contributed by atoms with Gasteiger partial charge in [-0.05, 0) is 44.5 Å². The number of pyridine rings is 1. The molecule has 7 nitrogen and oxygen atoms in total. The Hall–Kier alpha value is -3.06. The molecule has 2 aliphatic rings. The third-order valence-corrected chi connectivity index (χ3v) is 5.73. The third kappa shape index (κ3) is 3.21. The molecule has 0 unspecified atom stereocenters. The number of rotatable bonds is 2. The summed E-state index contributed by atoms with van der Waals surface area (Å²) >= 11 is 0. The summed E-state index contributed by atoms with van der Waals surface area (Å²) in [6, 6.07) is 4.93. The molecule has 0 saturated carbocycles. The summed E-state index contributed by atoms with van der Waals surface area (Å²) in [4.78, 5) is 28.9.